The Labute approximate surface area is 163 Å². The zero-order valence-corrected chi connectivity index (χ0v) is 16.7. The van der Waals surface area contributed by atoms with Crippen LogP contribution in [-0.4, -0.2) is 37.5 Å². The van der Waals surface area contributed by atoms with Crippen LogP contribution in [0.4, 0.5) is 0 Å². The molecular weight excluding hydrogens is 384 g/mol. The number of rotatable bonds is 8. The third kappa shape index (κ3) is 5.14. The Morgan fingerprint density at radius 2 is 1.71 bits per heavy atom. The lowest BCUT2D eigenvalue weighted by Gasteiger charge is -2.05. The number of hydrogen-bond acceptors (Lipinski definition) is 6. The number of nitrogens with two attached hydrogens (primary N) is 1. The molecule has 28 heavy (non-hydrogen) atoms. The van der Waals surface area contributed by atoms with E-state index in [1.807, 2.05) is 0 Å². The molecule has 1 heterocycles. The van der Waals surface area contributed by atoms with Gasteiger partial charge >= 0.3 is 5.97 Å². The number of nitrogens with one attached hydrogen (secondary N) is 1. The maximum atomic E-state index is 12.3. The predicted molar refractivity (Wildman–Crippen MR) is 102 cm³/mol. The van der Waals surface area contributed by atoms with Gasteiger partial charge in [0.1, 0.15) is 0 Å². The molecule has 0 amide bonds. The van der Waals surface area contributed by atoms with Crippen molar-refractivity contribution in [1.82, 2.24) is 4.98 Å². The van der Waals surface area contributed by atoms with Gasteiger partial charge in [0.2, 0.25) is 15.8 Å². The number of carbonyl (C=O) groups excluding carboxylic acids is 3. The highest BCUT2D eigenvalue weighted by atomic mass is 32.2. The van der Waals surface area contributed by atoms with Crippen molar-refractivity contribution in [2.24, 2.45) is 5.14 Å². The van der Waals surface area contributed by atoms with Crippen LogP contribution in [0.15, 0.2) is 29.2 Å². The molecule has 1 aromatic carbocycles. The van der Waals surface area contributed by atoms with Crippen LogP contribution >= 0.6 is 0 Å². The first-order valence-corrected chi connectivity index (χ1v) is 10.1. The monoisotopic (exact) mass is 406 g/mol. The predicted octanol–water partition coefficient (Wildman–Crippen LogP) is 1.84. The molecule has 3 N–H and O–H groups in total. The lowest BCUT2D eigenvalue weighted by atomic mass is 10.1. The summed E-state index contributed by atoms with van der Waals surface area (Å²) in [4.78, 5) is 38.7. The molecule has 0 saturated carbocycles. The van der Waals surface area contributed by atoms with Crippen molar-refractivity contribution >= 4 is 27.6 Å². The van der Waals surface area contributed by atoms with Gasteiger partial charge in [-0.3, -0.25) is 14.4 Å². The molecule has 9 heteroatoms. The number of carbonyl (C=O) groups is 3. The van der Waals surface area contributed by atoms with E-state index < -0.39 is 28.4 Å². The number of esters is 1. The van der Waals surface area contributed by atoms with Crippen LogP contribution < -0.4 is 5.14 Å². The Bertz CT molecular complexity index is 1020. The van der Waals surface area contributed by atoms with Crippen LogP contribution in [0.5, 0.6) is 0 Å². The Hall–Kier alpha value is -2.78. The van der Waals surface area contributed by atoms with Crippen molar-refractivity contribution < 1.29 is 27.5 Å². The second-order valence-electron chi connectivity index (χ2n) is 6.45. The number of ether oxygens (including phenoxy) is 1. The van der Waals surface area contributed by atoms with E-state index in [1.54, 1.807) is 26.0 Å². The minimum atomic E-state index is -3.76. The van der Waals surface area contributed by atoms with Crippen molar-refractivity contribution in [2.75, 3.05) is 6.61 Å². The van der Waals surface area contributed by atoms with Crippen LogP contribution in [0, 0.1) is 13.8 Å². The van der Waals surface area contributed by atoms with Gasteiger partial charge in [0.25, 0.3) is 0 Å². The molecule has 2 aromatic rings. The topological polar surface area (TPSA) is 136 Å². The number of sulfonamides is 1. The molecule has 0 aliphatic heterocycles. The summed E-state index contributed by atoms with van der Waals surface area (Å²) >= 11 is 0. The fourth-order valence-electron chi connectivity index (χ4n) is 2.94. The van der Waals surface area contributed by atoms with E-state index in [1.165, 1.54) is 19.1 Å². The van der Waals surface area contributed by atoms with Crippen molar-refractivity contribution in [3.8, 4) is 0 Å². The average molecular weight is 406 g/mol. The first-order chi connectivity index (χ1) is 13.0. The zero-order valence-electron chi connectivity index (χ0n) is 15.9. The van der Waals surface area contributed by atoms with E-state index in [9.17, 15) is 22.8 Å². The van der Waals surface area contributed by atoms with Crippen LogP contribution in [0.2, 0.25) is 0 Å². The van der Waals surface area contributed by atoms with Gasteiger partial charge in [-0.1, -0.05) is 12.1 Å². The number of hydrogen-bond donors (Lipinski definition) is 2. The summed E-state index contributed by atoms with van der Waals surface area (Å²) in [6.07, 6.45) is 0.358. The lowest BCUT2D eigenvalue weighted by molar-refractivity contribution is -0.142. The number of benzene rings is 1. The van der Waals surface area contributed by atoms with Gasteiger partial charge < -0.3 is 9.72 Å². The van der Waals surface area contributed by atoms with Gasteiger partial charge in [-0.15, -0.1) is 0 Å². The molecule has 0 bridgehead atoms. The second kappa shape index (κ2) is 8.49. The summed E-state index contributed by atoms with van der Waals surface area (Å²) in [6, 6.07) is 5.85. The molecule has 0 radical (unpaired) electrons. The van der Waals surface area contributed by atoms with Crippen LogP contribution in [-0.2, 0) is 26.0 Å². The number of aromatic nitrogens is 1. The maximum absolute atomic E-state index is 12.3. The summed E-state index contributed by atoms with van der Waals surface area (Å²) in [6.45, 7) is 4.36. The molecule has 0 aliphatic carbocycles. The van der Waals surface area contributed by atoms with E-state index in [0.717, 1.165) is 5.56 Å². The van der Waals surface area contributed by atoms with Crippen molar-refractivity contribution in [1.29, 1.82) is 0 Å². The molecule has 0 saturated heterocycles. The van der Waals surface area contributed by atoms with Gasteiger partial charge in [0.15, 0.2) is 12.4 Å². The molecular formula is C19H22N2O6S. The van der Waals surface area contributed by atoms with Gasteiger partial charge in [0, 0.05) is 17.7 Å². The summed E-state index contributed by atoms with van der Waals surface area (Å²) in [5.74, 6) is -1.12. The smallest absolute Gasteiger partial charge is 0.306 e. The second-order valence-corrected chi connectivity index (χ2v) is 8.02. The highest BCUT2D eigenvalue weighted by Gasteiger charge is 2.20. The largest absolute Gasteiger partial charge is 0.457 e. The van der Waals surface area contributed by atoms with Gasteiger partial charge in [0.05, 0.1) is 10.6 Å². The molecule has 8 nitrogen and oxygen atoms in total. The van der Waals surface area contributed by atoms with E-state index in [0.29, 0.717) is 23.2 Å². The Kier molecular flexibility index (Phi) is 6.52. The molecule has 1 aromatic heterocycles. The minimum Gasteiger partial charge on any atom is -0.457 e. The summed E-state index contributed by atoms with van der Waals surface area (Å²) < 4.78 is 27.4. The molecule has 0 fully saturated rings. The van der Waals surface area contributed by atoms with E-state index in [-0.39, 0.29) is 22.8 Å². The fourth-order valence-corrected chi connectivity index (χ4v) is 3.45. The van der Waals surface area contributed by atoms with E-state index in [2.05, 4.69) is 4.98 Å². The summed E-state index contributed by atoms with van der Waals surface area (Å²) in [5, 5.41) is 5.03. The van der Waals surface area contributed by atoms with Crippen molar-refractivity contribution in [3.05, 3.63) is 52.3 Å². The molecule has 0 unspecified atom stereocenters. The maximum Gasteiger partial charge on any atom is 0.306 e. The third-order valence-corrected chi connectivity index (χ3v) is 5.23. The normalized spacial score (nSPS) is 11.3. The fraction of sp³-hybridized carbons (Fsp3) is 0.316. The Balaban J connectivity index is 1.90. The Morgan fingerprint density at radius 3 is 2.21 bits per heavy atom. The summed E-state index contributed by atoms with van der Waals surface area (Å²) in [5.41, 5.74) is 2.60. The standard InChI is InChI=1S/C19H22N2O6S/c1-11-18(13(3)22)12(2)21-19(11)16(23)10-27-17(24)9-6-14-4-7-15(8-5-14)28(20,25)26/h4-5,7-8,21H,6,9-10H2,1-3H3,(H2,20,25,26). The van der Waals surface area contributed by atoms with Gasteiger partial charge in [-0.2, -0.15) is 0 Å². The molecule has 0 spiro atoms. The van der Waals surface area contributed by atoms with Gasteiger partial charge in [-0.05, 0) is 50.5 Å². The number of ketones is 2. The average Bonchev–Trinajstić information content (AvgIpc) is 2.92. The number of aromatic amines is 1. The first-order valence-electron chi connectivity index (χ1n) is 8.51. The lowest BCUT2D eigenvalue weighted by Crippen LogP contribution is -2.16. The van der Waals surface area contributed by atoms with Crippen LogP contribution in [0.3, 0.4) is 0 Å². The number of primary sulfonamides is 1. The highest BCUT2D eigenvalue weighted by molar-refractivity contribution is 7.89. The molecule has 150 valence electrons. The number of aryl methyl sites for hydroxylation is 2. The van der Waals surface area contributed by atoms with Crippen molar-refractivity contribution in [3.63, 3.8) is 0 Å². The quantitative estimate of drug-likeness (QED) is 0.507. The minimum absolute atomic E-state index is 0.00837. The molecule has 0 aliphatic rings. The zero-order chi connectivity index (χ0) is 21.1. The SMILES string of the molecule is CC(=O)c1c(C)[nH]c(C(=O)COC(=O)CCc2ccc(S(N)(=O)=O)cc2)c1C. The van der Waals surface area contributed by atoms with E-state index in [4.69, 9.17) is 9.88 Å². The first kappa shape index (κ1) is 21.5. The van der Waals surface area contributed by atoms with Gasteiger partial charge in [-0.25, -0.2) is 13.6 Å². The van der Waals surface area contributed by atoms with Crippen LogP contribution in [0.25, 0.3) is 0 Å². The van der Waals surface area contributed by atoms with Crippen molar-refractivity contribution in [2.45, 2.75) is 38.5 Å². The number of Topliss-reactive ketones (excluding diaryl/α,β-unsaturated/α-hetero) is 2. The summed E-state index contributed by atoms with van der Waals surface area (Å²) in [7, 11) is -3.76. The highest BCUT2D eigenvalue weighted by Crippen LogP contribution is 2.19. The Morgan fingerprint density at radius 1 is 1.11 bits per heavy atom. The van der Waals surface area contributed by atoms with Crippen LogP contribution in [0.1, 0.15) is 51.0 Å². The molecule has 2 rings (SSSR count). The number of H-pyrrole nitrogens is 1. The van der Waals surface area contributed by atoms with E-state index >= 15 is 0 Å². The molecule has 0 atom stereocenters. The third-order valence-electron chi connectivity index (χ3n) is 4.30.